The molecule has 0 aromatic rings. The van der Waals surface area contributed by atoms with Gasteiger partial charge in [0, 0.05) is 5.92 Å². The average molecular weight is 268 g/mol. The first-order valence-corrected chi connectivity index (χ1v) is 7.31. The second-order valence-electron chi connectivity index (χ2n) is 7.23. The standard InChI is InChI=1S/C17H32O2/c1-8-9-15(17(7,19)11-14(4)5)12-16(6,18)10-13(2)3/h9,13-15,18-19H,1,10-12H2,2-7H3. The minimum absolute atomic E-state index is 0.124. The molecule has 2 nitrogen and oxygen atoms in total. The van der Waals surface area contributed by atoms with Gasteiger partial charge in [-0.2, -0.15) is 0 Å². The lowest BCUT2D eigenvalue weighted by atomic mass is 9.75. The van der Waals surface area contributed by atoms with Crippen molar-refractivity contribution in [2.45, 2.75) is 72.0 Å². The number of hydrogen-bond acceptors (Lipinski definition) is 2. The van der Waals surface area contributed by atoms with Crippen molar-refractivity contribution < 1.29 is 10.2 Å². The molecule has 0 saturated carbocycles. The normalized spacial score (nSPS) is 19.7. The van der Waals surface area contributed by atoms with E-state index < -0.39 is 11.2 Å². The molecule has 0 rings (SSSR count). The molecule has 0 heterocycles. The van der Waals surface area contributed by atoms with Gasteiger partial charge in [0.05, 0.1) is 11.2 Å². The molecular weight excluding hydrogens is 236 g/mol. The highest BCUT2D eigenvalue weighted by atomic mass is 16.3. The summed E-state index contributed by atoms with van der Waals surface area (Å²) in [6, 6.07) is 0. The molecule has 0 aromatic carbocycles. The lowest BCUT2D eigenvalue weighted by Gasteiger charge is -2.37. The third-order valence-corrected chi connectivity index (χ3v) is 3.45. The second kappa shape index (κ2) is 7.28. The Bertz CT molecular complexity index is 307. The highest BCUT2D eigenvalue weighted by molar-refractivity contribution is 4.99. The maximum absolute atomic E-state index is 10.7. The summed E-state index contributed by atoms with van der Waals surface area (Å²) in [5, 5.41) is 21.2. The molecule has 19 heavy (non-hydrogen) atoms. The molecule has 0 amide bonds. The summed E-state index contributed by atoms with van der Waals surface area (Å²) >= 11 is 0. The first-order valence-electron chi connectivity index (χ1n) is 7.31. The van der Waals surface area contributed by atoms with Crippen LogP contribution >= 0.6 is 0 Å². The molecule has 0 fully saturated rings. The van der Waals surface area contributed by atoms with E-state index in [0.717, 1.165) is 6.42 Å². The van der Waals surface area contributed by atoms with Gasteiger partial charge in [0.25, 0.3) is 0 Å². The highest BCUT2D eigenvalue weighted by Crippen LogP contribution is 2.34. The lowest BCUT2D eigenvalue weighted by Crippen LogP contribution is -2.40. The van der Waals surface area contributed by atoms with Crippen molar-refractivity contribution >= 4 is 0 Å². The van der Waals surface area contributed by atoms with Gasteiger partial charge in [-0.3, -0.25) is 0 Å². The molecule has 3 atom stereocenters. The van der Waals surface area contributed by atoms with Crippen LogP contribution in [0, 0.1) is 17.8 Å². The molecule has 2 N–H and O–H groups in total. The Morgan fingerprint density at radius 2 is 1.47 bits per heavy atom. The minimum atomic E-state index is -0.834. The van der Waals surface area contributed by atoms with Crippen molar-refractivity contribution in [3.63, 3.8) is 0 Å². The van der Waals surface area contributed by atoms with Crippen molar-refractivity contribution in [1.82, 2.24) is 0 Å². The monoisotopic (exact) mass is 268 g/mol. The van der Waals surface area contributed by atoms with E-state index in [4.69, 9.17) is 0 Å². The van der Waals surface area contributed by atoms with Gasteiger partial charge in [-0.05, 0) is 51.0 Å². The largest absolute Gasteiger partial charge is 0.390 e. The van der Waals surface area contributed by atoms with E-state index in [9.17, 15) is 10.2 Å². The number of aliphatic hydroxyl groups is 2. The molecule has 112 valence electrons. The van der Waals surface area contributed by atoms with Crippen molar-refractivity contribution in [3.8, 4) is 0 Å². The summed E-state index contributed by atoms with van der Waals surface area (Å²) in [5.74, 6) is 0.713. The van der Waals surface area contributed by atoms with Crippen LogP contribution in [-0.2, 0) is 0 Å². The number of hydrogen-bond donors (Lipinski definition) is 2. The Balaban J connectivity index is 4.97. The summed E-state index contributed by atoms with van der Waals surface area (Å²) in [7, 11) is 0. The quantitative estimate of drug-likeness (QED) is 0.655. The van der Waals surface area contributed by atoms with Gasteiger partial charge in [-0.15, -0.1) is 5.73 Å². The molecule has 0 radical (unpaired) electrons. The molecule has 3 unspecified atom stereocenters. The van der Waals surface area contributed by atoms with Crippen LogP contribution in [0.5, 0.6) is 0 Å². The average Bonchev–Trinajstić information content (AvgIpc) is 2.12. The molecule has 0 aliphatic heterocycles. The van der Waals surface area contributed by atoms with Gasteiger partial charge >= 0.3 is 0 Å². The maximum Gasteiger partial charge on any atom is 0.0691 e. The first kappa shape index (κ1) is 18.4. The minimum Gasteiger partial charge on any atom is -0.390 e. The topological polar surface area (TPSA) is 40.5 Å². The van der Waals surface area contributed by atoms with E-state index in [-0.39, 0.29) is 5.92 Å². The predicted molar refractivity (Wildman–Crippen MR) is 82.0 cm³/mol. The maximum atomic E-state index is 10.7. The smallest absolute Gasteiger partial charge is 0.0691 e. The van der Waals surface area contributed by atoms with Crippen LogP contribution in [0.3, 0.4) is 0 Å². The zero-order valence-corrected chi connectivity index (χ0v) is 13.5. The Hall–Kier alpha value is -0.560. The van der Waals surface area contributed by atoms with Gasteiger partial charge < -0.3 is 10.2 Å². The molecule has 0 aliphatic carbocycles. The third kappa shape index (κ3) is 7.57. The van der Waals surface area contributed by atoms with Crippen LogP contribution in [0.2, 0.25) is 0 Å². The molecule has 0 spiro atoms. The molecular formula is C17H32O2. The zero-order chi connectivity index (χ0) is 15.3. The van der Waals surface area contributed by atoms with Gasteiger partial charge in [-0.25, -0.2) is 0 Å². The van der Waals surface area contributed by atoms with E-state index in [1.165, 1.54) is 0 Å². The van der Waals surface area contributed by atoms with Crippen LogP contribution < -0.4 is 0 Å². The molecule has 0 aromatic heterocycles. The van der Waals surface area contributed by atoms with E-state index in [1.807, 2.05) is 13.8 Å². The summed E-state index contributed by atoms with van der Waals surface area (Å²) in [6.07, 6.45) is 3.77. The van der Waals surface area contributed by atoms with Crippen molar-refractivity contribution in [2.24, 2.45) is 17.8 Å². The zero-order valence-electron chi connectivity index (χ0n) is 13.5. The van der Waals surface area contributed by atoms with Crippen molar-refractivity contribution in [1.29, 1.82) is 0 Å². The first-order chi connectivity index (χ1) is 8.50. The Morgan fingerprint density at radius 1 is 1.00 bits per heavy atom. The summed E-state index contributed by atoms with van der Waals surface area (Å²) in [4.78, 5) is 0. The van der Waals surface area contributed by atoms with Crippen LogP contribution in [0.25, 0.3) is 0 Å². The summed E-state index contributed by atoms with van der Waals surface area (Å²) in [6.45, 7) is 15.7. The fourth-order valence-electron chi connectivity index (χ4n) is 3.02. The highest BCUT2D eigenvalue weighted by Gasteiger charge is 2.36. The molecule has 0 aliphatic rings. The van der Waals surface area contributed by atoms with E-state index in [1.54, 1.807) is 6.08 Å². The fraction of sp³-hybridized carbons (Fsp3) is 0.824. The van der Waals surface area contributed by atoms with Crippen LogP contribution in [0.4, 0.5) is 0 Å². The van der Waals surface area contributed by atoms with Gasteiger partial charge in [0.2, 0.25) is 0 Å². The summed E-state index contributed by atoms with van der Waals surface area (Å²) in [5.41, 5.74) is 1.17. The third-order valence-electron chi connectivity index (χ3n) is 3.45. The predicted octanol–water partition coefficient (Wildman–Crippen LogP) is 3.93. The SMILES string of the molecule is C=C=CC(CC(C)(O)CC(C)C)C(C)(O)CC(C)C. The van der Waals surface area contributed by atoms with Crippen LogP contribution in [0.15, 0.2) is 18.4 Å². The molecule has 0 saturated heterocycles. The number of rotatable bonds is 8. The van der Waals surface area contributed by atoms with Crippen LogP contribution in [-0.4, -0.2) is 21.4 Å². The van der Waals surface area contributed by atoms with Gasteiger partial charge in [0.1, 0.15) is 0 Å². The van der Waals surface area contributed by atoms with Crippen molar-refractivity contribution in [2.75, 3.05) is 0 Å². The summed E-state index contributed by atoms with van der Waals surface area (Å²) < 4.78 is 0. The van der Waals surface area contributed by atoms with Crippen LogP contribution in [0.1, 0.15) is 60.8 Å². The fourth-order valence-corrected chi connectivity index (χ4v) is 3.02. The molecule has 2 heteroatoms. The lowest BCUT2D eigenvalue weighted by molar-refractivity contribution is -0.0496. The Morgan fingerprint density at radius 3 is 1.84 bits per heavy atom. The van der Waals surface area contributed by atoms with Gasteiger partial charge in [0.15, 0.2) is 0 Å². The van der Waals surface area contributed by atoms with Gasteiger partial charge in [-0.1, -0.05) is 34.3 Å². The Kier molecular flexibility index (Phi) is 7.07. The molecule has 0 bridgehead atoms. The van der Waals surface area contributed by atoms with E-state index >= 15 is 0 Å². The van der Waals surface area contributed by atoms with E-state index in [2.05, 4.69) is 40.0 Å². The van der Waals surface area contributed by atoms with E-state index in [0.29, 0.717) is 24.7 Å². The Labute approximate surface area is 119 Å². The van der Waals surface area contributed by atoms with Crippen molar-refractivity contribution in [3.05, 3.63) is 18.4 Å². The second-order valence-corrected chi connectivity index (χ2v) is 7.23.